The number of carbonyl (C=O) groups is 1. The lowest BCUT2D eigenvalue weighted by Gasteiger charge is -1.99. The van der Waals surface area contributed by atoms with Crippen molar-refractivity contribution < 1.29 is 4.79 Å². The Labute approximate surface area is 114 Å². The van der Waals surface area contributed by atoms with Crippen molar-refractivity contribution in [1.82, 2.24) is 14.9 Å². The van der Waals surface area contributed by atoms with Gasteiger partial charge in [0.15, 0.2) is 0 Å². The zero-order valence-electron chi connectivity index (χ0n) is 9.54. The highest BCUT2D eigenvalue weighted by molar-refractivity contribution is 7.17. The number of hydrogen-bond donors (Lipinski definition) is 1. The lowest BCUT2D eigenvalue weighted by molar-refractivity contribution is 0.0962. The molecule has 94 valence electrons. The van der Waals surface area contributed by atoms with Gasteiger partial charge in [0.25, 0.3) is 5.91 Å². The Morgan fingerprint density at radius 3 is 3.06 bits per heavy atom. The third-order valence-electron chi connectivity index (χ3n) is 2.22. The number of nitrogens with zero attached hydrogens (tertiary/aromatic N) is 2. The standard InChI is InChI=1S/C12H12ClN3OS/c13-11-4-3-10(18-11)12(17)15-5-1-2-7-16-8-6-14-9-16/h1-4,6,8-9H,5,7H2,(H,15,17)/b2-1+. The van der Waals surface area contributed by atoms with Crippen LogP contribution >= 0.6 is 22.9 Å². The Morgan fingerprint density at radius 1 is 1.50 bits per heavy atom. The van der Waals surface area contributed by atoms with Gasteiger partial charge in [0.05, 0.1) is 15.5 Å². The molecule has 0 aliphatic rings. The Hall–Kier alpha value is -1.59. The van der Waals surface area contributed by atoms with E-state index in [4.69, 9.17) is 11.6 Å². The molecule has 0 atom stereocenters. The van der Waals surface area contributed by atoms with Gasteiger partial charge in [-0.1, -0.05) is 23.8 Å². The zero-order chi connectivity index (χ0) is 12.8. The number of aromatic nitrogens is 2. The minimum Gasteiger partial charge on any atom is -0.348 e. The Kier molecular flexibility index (Phi) is 4.55. The molecule has 2 aromatic rings. The van der Waals surface area contributed by atoms with Crippen molar-refractivity contribution >= 4 is 28.8 Å². The van der Waals surface area contributed by atoms with Gasteiger partial charge in [-0.05, 0) is 12.1 Å². The SMILES string of the molecule is O=C(NC/C=C/Cn1ccnc1)c1ccc(Cl)s1. The van der Waals surface area contributed by atoms with Crippen LogP contribution in [0, 0.1) is 0 Å². The van der Waals surface area contributed by atoms with Crippen LogP contribution in [0.15, 0.2) is 43.0 Å². The summed E-state index contributed by atoms with van der Waals surface area (Å²) in [4.78, 5) is 16.2. The van der Waals surface area contributed by atoms with Crippen LogP contribution < -0.4 is 5.32 Å². The molecule has 0 saturated carbocycles. The largest absolute Gasteiger partial charge is 0.348 e. The predicted molar refractivity (Wildman–Crippen MR) is 73.0 cm³/mol. The van der Waals surface area contributed by atoms with E-state index in [9.17, 15) is 4.79 Å². The molecule has 0 saturated heterocycles. The maximum Gasteiger partial charge on any atom is 0.261 e. The summed E-state index contributed by atoms with van der Waals surface area (Å²) in [5, 5.41) is 2.79. The molecule has 0 radical (unpaired) electrons. The fraction of sp³-hybridized carbons (Fsp3) is 0.167. The van der Waals surface area contributed by atoms with E-state index in [1.165, 1.54) is 11.3 Å². The van der Waals surface area contributed by atoms with Gasteiger partial charge in [0.2, 0.25) is 0 Å². The van der Waals surface area contributed by atoms with Crippen LogP contribution in [0.5, 0.6) is 0 Å². The zero-order valence-corrected chi connectivity index (χ0v) is 11.1. The topological polar surface area (TPSA) is 46.9 Å². The average Bonchev–Trinajstić information content (AvgIpc) is 2.99. The van der Waals surface area contributed by atoms with Gasteiger partial charge in [-0.15, -0.1) is 11.3 Å². The van der Waals surface area contributed by atoms with E-state index in [-0.39, 0.29) is 5.91 Å². The summed E-state index contributed by atoms with van der Waals surface area (Å²) in [6.45, 7) is 1.25. The highest BCUT2D eigenvalue weighted by Crippen LogP contribution is 2.20. The van der Waals surface area contributed by atoms with Crippen molar-refractivity contribution in [3.8, 4) is 0 Å². The number of hydrogen-bond acceptors (Lipinski definition) is 3. The third kappa shape index (κ3) is 3.72. The van der Waals surface area contributed by atoms with E-state index in [0.717, 1.165) is 6.54 Å². The summed E-state index contributed by atoms with van der Waals surface area (Å²) in [5.74, 6) is -0.0980. The van der Waals surface area contributed by atoms with E-state index in [2.05, 4.69) is 10.3 Å². The van der Waals surface area contributed by atoms with Crippen LogP contribution in [0.25, 0.3) is 0 Å². The molecule has 2 aromatic heterocycles. The second-order valence-corrected chi connectivity index (χ2v) is 5.26. The van der Waals surface area contributed by atoms with Gasteiger partial charge in [0, 0.05) is 25.5 Å². The molecule has 0 aliphatic heterocycles. The summed E-state index contributed by atoms with van der Waals surface area (Å²) in [7, 11) is 0. The first-order valence-corrected chi connectivity index (χ1v) is 6.59. The molecule has 0 bridgehead atoms. The number of halogens is 1. The van der Waals surface area contributed by atoms with Crippen molar-refractivity contribution in [1.29, 1.82) is 0 Å². The van der Waals surface area contributed by atoms with Gasteiger partial charge in [-0.25, -0.2) is 4.98 Å². The molecule has 1 N–H and O–H groups in total. The van der Waals surface area contributed by atoms with Gasteiger partial charge >= 0.3 is 0 Å². The molecule has 18 heavy (non-hydrogen) atoms. The summed E-state index contributed by atoms with van der Waals surface area (Å²) >= 11 is 7.04. The van der Waals surface area contributed by atoms with Crippen LogP contribution in [0.3, 0.4) is 0 Å². The molecule has 4 nitrogen and oxygen atoms in total. The van der Waals surface area contributed by atoms with Crippen molar-refractivity contribution in [3.63, 3.8) is 0 Å². The normalized spacial score (nSPS) is 10.9. The lowest BCUT2D eigenvalue weighted by Crippen LogP contribution is -2.22. The van der Waals surface area contributed by atoms with E-state index < -0.39 is 0 Å². The maximum atomic E-state index is 11.6. The van der Waals surface area contributed by atoms with Crippen molar-refractivity contribution in [2.45, 2.75) is 6.54 Å². The number of nitrogens with one attached hydrogen (secondary N) is 1. The summed E-state index contributed by atoms with van der Waals surface area (Å²) in [6, 6.07) is 3.44. The first-order chi connectivity index (χ1) is 8.75. The van der Waals surface area contributed by atoms with E-state index in [1.54, 1.807) is 24.7 Å². The average molecular weight is 282 g/mol. The molecule has 0 aliphatic carbocycles. The van der Waals surface area contributed by atoms with Crippen LogP contribution in [-0.4, -0.2) is 22.0 Å². The number of amides is 1. The molecule has 0 fully saturated rings. The fourth-order valence-electron chi connectivity index (χ4n) is 1.35. The quantitative estimate of drug-likeness (QED) is 0.857. The molecule has 0 unspecified atom stereocenters. The van der Waals surface area contributed by atoms with E-state index in [1.807, 2.05) is 22.9 Å². The van der Waals surface area contributed by atoms with Crippen LogP contribution in [0.1, 0.15) is 9.67 Å². The molecule has 6 heteroatoms. The van der Waals surface area contributed by atoms with E-state index in [0.29, 0.717) is 15.8 Å². The molecule has 2 rings (SSSR count). The summed E-state index contributed by atoms with van der Waals surface area (Å²) in [6.07, 6.45) is 9.25. The molecule has 0 aromatic carbocycles. The van der Waals surface area contributed by atoms with Crippen molar-refractivity contribution in [2.24, 2.45) is 0 Å². The minimum absolute atomic E-state index is 0.0980. The Balaban J connectivity index is 1.72. The molecular weight excluding hydrogens is 270 g/mol. The third-order valence-corrected chi connectivity index (χ3v) is 3.45. The van der Waals surface area contributed by atoms with Crippen LogP contribution in [-0.2, 0) is 6.54 Å². The second kappa shape index (κ2) is 6.37. The number of imidazole rings is 1. The molecule has 1 amide bonds. The summed E-state index contributed by atoms with van der Waals surface area (Å²) in [5.41, 5.74) is 0. The van der Waals surface area contributed by atoms with Gasteiger partial charge in [-0.3, -0.25) is 4.79 Å². The van der Waals surface area contributed by atoms with Gasteiger partial charge in [0.1, 0.15) is 0 Å². The molecular formula is C12H12ClN3OS. The molecule has 2 heterocycles. The number of allylic oxidation sites excluding steroid dienone is 1. The van der Waals surface area contributed by atoms with Crippen LogP contribution in [0.4, 0.5) is 0 Å². The first-order valence-electron chi connectivity index (χ1n) is 5.40. The predicted octanol–water partition coefficient (Wildman–Crippen LogP) is 2.58. The minimum atomic E-state index is -0.0980. The van der Waals surface area contributed by atoms with E-state index >= 15 is 0 Å². The lowest BCUT2D eigenvalue weighted by atomic mass is 10.4. The number of thiophene rings is 1. The van der Waals surface area contributed by atoms with Gasteiger partial charge in [-0.2, -0.15) is 0 Å². The van der Waals surface area contributed by atoms with Crippen LogP contribution in [0.2, 0.25) is 4.34 Å². The summed E-state index contributed by atoms with van der Waals surface area (Å²) < 4.78 is 2.56. The first kappa shape index (κ1) is 12.9. The second-order valence-electron chi connectivity index (χ2n) is 3.54. The number of carbonyl (C=O) groups excluding carboxylic acids is 1. The highest BCUT2D eigenvalue weighted by atomic mass is 35.5. The maximum absolute atomic E-state index is 11.6. The smallest absolute Gasteiger partial charge is 0.261 e. The molecule has 0 spiro atoms. The number of rotatable bonds is 5. The van der Waals surface area contributed by atoms with Gasteiger partial charge < -0.3 is 9.88 Å². The van der Waals surface area contributed by atoms with Crippen molar-refractivity contribution in [2.75, 3.05) is 6.54 Å². The highest BCUT2D eigenvalue weighted by Gasteiger charge is 2.06. The monoisotopic (exact) mass is 281 g/mol. The van der Waals surface area contributed by atoms with Crippen molar-refractivity contribution in [3.05, 3.63) is 52.2 Å². The Morgan fingerprint density at radius 2 is 2.39 bits per heavy atom. The Bertz CT molecular complexity index is 533. The fourth-order valence-corrected chi connectivity index (χ4v) is 2.31.